The van der Waals surface area contributed by atoms with Crippen molar-refractivity contribution in [3.8, 4) is 0 Å². The molecule has 2 unspecified atom stereocenters. The quantitative estimate of drug-likeness (QED) is 0.212. The average Bonchev–Trinajstić information content (AvgIpc) is 2.89. The maximum Gasteiger partial charge on any atom is 0.243 e. The lowest BCUT2D eigenvalue weighted by atomic mass is 9.90. The highest BCUT2D eigenvalue weighted by molar-refractivity contribution is 5.48. The Bertz CT molecular complexity index is 1000. The van der Waals surface area contributed by atoms with Crippen molar-refractivity contribution in [3.63, 3.8) is 0 Å². The fourth-order valence-corrected chi connectivity index (χ4v) is 4.70. The highest BCUT2D eigenvalue weighted by atomic mass is 17.3. The van der Waals surface area contributed by atoms with Crippen molar-refractivity contribution < 1.29 is 19.6 Å². The van der Waals surface area contributed by atoms with E-state index in [0.717, 1.165) is 44.1 Å². The predicted octanol–water partition coefficient (Wildman–Crippen LogP) is 7.08. The molecule has 0 spiro atoms. The van der Waals surface area contributed by atoms with Gasteiger partial charge in [-0.05, 0) is 72.4 Å². The largest absolute Gasteiger partial charge is 0.243 e. The van der Waals surface area contributed by atoms with E-state index in [1.807, 2.05) is 54.6 Å². The Morgan fingerprint density at radius 1 is 0.636 bits per heavy atom. The monoisotopic (exact) mass is 442 g/mol. The Morgan fingerprint density at radius 3 is 1.73 bits per heavy atom. The van der Waals surface area contributed by atoms with Crippen molar-refractivity contribution in [3.05, 3.63) is 113 Å². The Kier molecular flexibility index (Phi) is 7.29. The number of hydrogen-bond donors (Lipinski definition) is 0. The van der Waals surface area contributed by atoms with Crippen molar-refractivity contribution in [1.82, 2.24) is 0 Å². The zero-order chi connectivity index (χ0) is 22.3. The molecule has 0 radical (unpaired) electrons. The summed E-state index contributed by atoms with van der Waals surface area (Å²) in [6, 6.07) is 26.9. The lowest BCUT2D eigenvalue weighted by Crippen LogP contribution is -2.22. The normalized spacial score (nSPS) is 20.8. The molecular formula is C29H30O4. The van der Waals surface area contributed by atoms with Crippen LogP contribution < -0.4 is 0 Å². The minimum atomic E-state index is -0.784. The third-order valence-corrected chi connectivity index (χ3v) is 6.41. The molecule has 0 heterocycles. The van der Waals surface area contributed by atoms with Crippen LogP contribution in [0.25, 0.3) is 6.08 Å². The SMILES string of the molecule is C(=CC(OOC1CCCc2ccccc21)OOC1CCCc2ccccc21)c1ccccc1. The summed E-state index contributed by atoms with van der Waals surface area (Å²) in [5, 5.41) is 0. The maximum absolute atomic E-state index is 5.91. The first-order valence-corrected chi connectivity index (χ1v) is 11.9. The Hall–Kier alpha value is -2.76. The maximum atomic E-state index is 5.91. The molecule has 0 saturated heterocycles. The molecule has 2 aliphatic carbocycles. The predicted molar refractivity (Wildman–Crippen MR) is 128 cm³/mol. The molecule has 3 aromatic carbocycles. The Morgan fingerprint density at radius 2 is 1.15 bits per heavy atom. The Balaban J connectivity index is 1.27. The van der Waals surface area contributed by atoms with E-state index in [2.05, 4.69) is 36.4 Å². The van der Waals surface area contributed by atoms with Crippen LogP contribution in [0.4, 0.5) is 0 Å². The van der Waals surface area contributed by atoms with E-state index in [1.54, 1.807) is 0 Å². The molecule has 170 valence electrons. The lowest BCUT2D eigenvalue weighted by molar-refractivity contribution is -0.472. The number of aryl methyl sites for hydroxylation is 2. The minimum absolute atomic E-state index is 0.110. The highest BCUT2D eigenvalue weighted by Gasteiger charge is 2.25. The van der Waals surface area contributed by atoms with Gasteiger partial charge in [0.2, 0.25) is 6.29 Å². The molecule has 2 aliphatic rings. The van der Waals surface area contributed by atoms with Gasteiger partial charge in [-0.1, -0.05) is 84.9 Å². The van der Waals surface area contributed by atoms with E-state index in [0.29, 0.717) is 0 Å². The molecule has 33 heavy (non-hydrogen) atoms. The number of rotatable bonds is 8. The summed E-state index contributed by atoms with van der Waals surface area (Å²) in [5.74, 6) is 0. The van der Waals surface area contributed by atoms with E-state index in [1.165, 1.54) is 22.3 Å². The molecule has 3 aromatic rings. The van der Waals surface area contributed by atoms with Gasteiger partial charge in [0.1, 0.15) is 12.2 Å². The van der Waals surface area contributed by atoms with Gasteiger partial charge >= 0.3 is 0 Å². The van der Waals surface area contributed by atoms with Crippen LogP contribution in [0.15, 0.2) is 84.9 Å². The second kappa shape index (κ2) is 10.9. The minimum Gasteiger partial charge on any atom is -0.225 e. The molecule has 5 rings (SSSR count). The van der Waals surface area contributed by atoms with Crippen molar-refractivity contribution in [2.24, 2.45) is 0 Å². The van der Waals surface area contributed by atoms with Gasteiger partial charge in [-0.3, -0.25) is 0 Å². The molecule has 0 aromatic heterocycles. The first-order chi connectivity index (χ1) is 16.4. The van der Waals surface area contributed by atoms with Crippen LogP contribution in [0.2, 0.25) is 0 Å². The summed E-state index contributed by atoms with van der Waals surface area (Å²) >= 11 is 0. The number of hydrogen-bond acceptors (Lipinski definition) is 4. The van der Waals surface area contributed by atoms with Crippen molar-refractivity contribution in [2.45, 2.75) is 57.0 Å². The molecular weight excluding hydrogens is 412 g/mol. The topological polar surface area (TPSA) is 36.9 Å². The molecule has 4 nitrogen and oxygen atoms in total. The van der Waals surface area contributed by atoms with Gasteiger partial charge in [-0.2, -0.15) is 9.78 Å². The smallest absolute Gasteiger partial charge is 0.225 e. The molecule has 0 bridgehead atoms. The van der Waals surface area contributed by atoms with Crippen molar-refractivity contribution in [1.29, 1.82) is 0 Å². The van der Waals surface area contributed by atoms with Crippen LogP contribution in [0.5, 0.6) is 0 Å². The van der Waals surface area contributed by atoms with E-state index >= 15 is 0 Å². The van der Waals surface area contributed by atoms with E-state index in [-0.39, 0.29) is 12.2 Å². The zero-order valence-electron chi connectivity index (χ0n) is 18.8. The Labute approximate surface area is 195 Å². The fourth-order valence-electron chi connectivity index (χ4n) is 4.70. The van der Waals surface area contributed by atoms with Crippen LogP contribution in [0, 0.1) is 0 Å². The van der Waals surface area contributed by atoms with Gasteiger partial charge < -0.3 is 0 Å². The zero-order valence-corrected chi connectivity index (χ0v) is 18.8. The second-order valence-corrected chi connectivity index (χ2v) is 8.68. The molecule has 2 atom stereocenters. The van der Waals surface area contributed by atoms with Gasteiger partial charge in [0, 0.05) is 0 Å². The van der Waals surface area contributed by atoms with Gasteiger partial charge in [-0.25, -0.2) is 9.78 Å². The van der Waals surface area contributed by atoms with E-state index in [4.69, 9.17) is 19.6 Å². The van der Waals surface area contributed by atoms with Crippen molar-refractivity contribution in [2.75, 3.05) is 0 Å². The summed E-state index contributed by atoms with van der Waals surface area (Å²) in [6.45, 7) is 0. The van der Waals surface area contributed by atoms with Crippen LogP contribution in [0.1, 0.15) is 65.7 Å². The first-order valence-electron chi connectivity index (χ1n) is 11.9. The number of fused-ring (bicyclic) bond motifs is 2. The molecule has 0 fully saturated rings. The van der Waals surface area contributed by atoms with Crippen LogP contribution in [0.3, 0.4) is 0 Å². The van der Waals surface area contributed by atoms with Crippen LogP contribution >= 0.6 is 0 Å². The molecule has 4 heteroatoms. The summed E-state index contributed by atoms with van der Waals surface area (Å²) in [6.07, 6.45) is 8.93. The average molecular weight is 443 g/mol. The van der Waals surface area contributed by atoms with E-state index < -0.39 is 6.29 Å². The summed E-state index contributed by atoms with van der Waals surface area (Å²) < 4.78 is 0. The third-order valence-electron chi connectivity index (χ3n) is 6.41. The van der Waals surface area contributed by atoms with Gasteiger partial charge in [0.15, 0.2) is 0 Å². The molecule has 0 saturated carbocycles. The van der Waals surface area contributed by atoms with Crippen LogP contribution in [-0.2, 0) is 32.4 Å². The lowest BCUT2D eigenvalue weighted by Gasteiger charge is -2.27. The van der Waals surface area contributed by atoms with Gasteiger partial charge in [-0.15, -0.1) is 0 Å². The summed E-state index contributed by atoms with van der Waals surface area (Å²) in [5.41, 5.74) is 6.09. The highest BCUT2D eigenvalue weighted by Crippen LogP contribution is 2.34. The summed E-state index contributed by atoms with van der Waals surface area (Å²) in [7, 11) is 0. The molecule has 0 N–H and O–H groups in total. The van der Waals surface area contributed by atoms with Gasteiger partial charge in [0.25, 0.3) is 0 Å². The molecule has 0 amide bonds. The standard InChI is InChI=1S/C29H30O4/c1-2-10-22(11-3-1)20-21-29(32-30-27-18-8-14-23-12-4-6-16-25(23)27)33-31-28-19-9-15-24-13-5-7-17-26(24)28/h1-7,10-13,16-17,20-21,27-29H,8-9,14-15,18-19H2. The van der Waals surface area contributed by atoms with Crippen LogP contribution in [-0.4, -0.2) is 6.29 Å². The third kappa shape index (κ3) is 5.60. The van der Waals surface area contributed by atoms with Crippen molar-refractivity contribution >= 4 is 6.08 Å². The van der Waals surface area contributed by atoms with E-state index in [9.17, 15) is 0 Å². The van der Waals surface area contributed by atoms with Gasteiger partial charge in [0.05, 0.1) is 0 Å². The first kappa shape index (κ1) is 22.1. The molecule has 0 aliphatic heterocycles. The number of benzene rings is 3. The fraction of sp³-hybridized carbons (Fsp3) is 0.310. The second-order valence-electron chi connectivity index (χ2n) is 8.68. The summed E-state index contributed by atoms with van der Waals surface area (Å²) in [4.78, 5) is 23.4.